The van der Waals surface area contributed by atoms with Gasteiger partial charge in [0.05, 0.1) is 18.8 Å². The van der Waals surface area contributed by atoms with E-state index in [4.69, 9.17) is 0 Å². The van der Waals surface area contributed by atoms with Crippen molar-refractivity contribution in [2.75, 3.05) is 6.61 Å². The van der Waals surface area contributed by atoms with E-state index < -0.39 is 36.9 Å². The van der Waals surface area contributed by atoms with Crippen molar-refractivity contribution in [3.63, 3.8) is 0 Å². The van der Waals surface area contributed by atoms with Crippen molar-refractivity contribution in [1.82, 2.24) is 5.32 Å². The van der Waals surface area contributed by atoms with Crippen LogP contribution >= 0.6 is 0 Å². The summed E-state index contributed by atoms with van der Waals surface area (Å²) < 4.78 is 0. The number of hydrogen-bond acceptors (Lipinski definition) is 5. The van der Waals surface area contributed by atoms with Crippen LogP contribution in [0.1, 0.15) is 322 Å². The Morgan fingerprint density at radius 1 is 0.364 bits per heavy atom. The van der Waals surface area contributed by atoms with Crippen LogP contribution in [0.2, 0.25) is 0 Å². The van der Waals surface area contributed by atoms with Gasteiger partial charge in [0.25, 0.3) is 0 Å². The number of unbranched alkanes of at least 4 members (excludes halogenated alkanes) is 42. The van der Waals surface area contributed by atoms with Crippen LogP contribution in [-0.4, -0.2) is 57.3 Å². The van der Waals surface area contributed by atoms with Gasteiger partial charge in [-0.05, 0) is 64.2 Å². The van der Waals surface area contributed by atoms with E-state index in [9.17, 15) is 25.2 Å². The molecule has 0 radical (unpaired) electrons. The second kappa shape index (κ2) is 54.7. The van der Waals surface area contributed by atoms with Crippen molar-refractivity contribution in [1.29, 1.82) is 0 Å². The summed E-state index contributed by atoms with van der Waals surface area (Å²) in [4.78, 5) is 12.6. The van der Waals surface area contributed by atoms with Gasteiger partial charge in [0.1, 0.15) is 12.2 Å². The highest BCUT2D eigenvalue weighted by Crippen LogP contribution is 2.18. The van der Waals surface area contributed by atoms with Crippen molar-refractivity contribution < 1.29 is 25.2 Å². The first-order valence-electron chi connectivity index (χ1n) is 29.7. The van der Waals surface area contributed by atoms with E-state index in [2.05, 4.69) is 43.5 Å². The number of allylic oxidation sites excluding steroid dienone is 4. The summed E-state index contributed by atoms with van der Waals surface area (Å²) in [5.74, 6) is -0.588. The highest BCUT2D eigenvalue weighted by atomic mass is 16.3. The molecule has 4 unspecified atom stereocenters. The smallest absolute Gasteiger partial charge is 0.249 e. The van der Waals surface area contributed by atoms with Crippen LogP contribution in [0.4, 0.5) is 0 Å². The minimum atomic E-state index is -1.28. The molecular weight excluding hydrogens is 815 g/mol. The van der Waals surface area contributed by atoms with Crippen LogP contribution < -0.4 is 5.32 Å². The van der Waals surface area contributed by atoms with E-state index in [-0.39, 0.29) is 0 Å². The third kappa shape index (κ3) is 47.8. The number of nitrogens with one attached hydrogen (secondary N) is 1. The quantitative estimate of drug-likeness (QED) is 0.0308. The Labute approximate surface area is 412 Å². The summed E-state index contributed by atoms with van der Waals surface area (Å²) in [6, 6.07) is -1.00. The Balaban J connectivity index is 3.60. The summed E-state index contributed by atoms with van der Waals surface area (Å²) in [6.07, 6.45) is 66.9. The molecule has 0 saturated carbocycles. The molecule has 0 aromatic heterocycles. The lowest BCUT2D eigenvalue weighted by molar-refractivity contribution is -0.132. The number of carbonyl (C=O) groups is 1. The van der Waals surface area contributed by atoms with Gasteiger partial charge in [-0.3, -0.25) is 4.79 Å². The summed E-state index contributed by atoms with van der Waals surface area (Å²) in [6.45, 7) is 4.08. The number of rotatable bonds is 55. The van der Waals surface area contributed by atoms with Crippen LogP contribution in [0, 0.1) is 0 Å². The lowest BCUT2D eigenvalue weighted by atomic mass is 10.00. The molecule has 0 bridgehead atoms. The number of carbonyl (C=O) groups excluding carboxylic acids is 1. The molecule has 0 aliphatic rings. The van der Waals surface area contributed by atoms with Crippen LogP contribution in [-0.2, 0) is 4.79 Å². The van der Waals surface area contributed by atoms with Crippen LogP contribution in [0.15, 0.2) is 24.3 Å². The molecule has 0 heterocycles. The molecule has 0 aliphatic heterocycles. The normalized spacial score (nSPS) is 13.8. The summed E-state index contributed by atoms with van der Waals surface area (Å²) in [5, 5.41) is 44.0. The summed E-state index contributed by atoms with van der Waals surface area (Å²) in [7, 11) is 0. The predicted molar refractivity (Wildman–Crippen MR) is 288 cm³/mol. The Kier molecular flexibility index (Phi) is 53.7. The van der Waals surface area contributed by atoms with E-state index in [1.165, 1.54) is 257 Å². The molecule has 0 aromatic rings. The molecule has 4 atom stereocenters. The SMILES string of the molecule is CCCCCCCCCCCCCC/C=C\CCCCCCCCCCCCCCCCC(O)C(=O)NC(CO)C(O)C(O)CCC/C=C/CCCCCCCCCCCCCCCCC. The van der Waals surface area contributed by atoms with E-state index in [0.717, 1.165) is 38.5 Å². The molecule has 0 aromatic carbocycles. The maximum atomic E-state index is 12.6. The van der Waals surface area contributed by atoms with Crippen molar-refractivity contribution in [3.05, 3.63) is 24.3 Å². The minimum absolute atomic E-state index is 0.366. The Hall–Kier alpha value is -1.21. The summed E-state index contributed by atoms with van der Waals surface area (Å²) in [5.41, 5.74) is 0. The number of amides is 1. The molecule has 0 fully saturated rings. The molecule has 392 valence electrons. The number of hydrogen-bond donors (Lipinski definition) is 5. The summed E-state index contributed by atoms with van der Waals surface area (Å²) >= 11 is 0. The third-order valence-corrected chi connectivity index (χ3v) is 14.1. The Morgan fingerprint density at radius 2 is 0.621 bits per heavy atom. The third-order valence-electron chi connectivity index (χ3n) is 14.1. The zero-order chi connectivity index (χ0) is 48.1. The molecule has 6 heteroatoms. The molecule has 6 nitrogen and oxygen atoms in total. The maximum absolute atomic E-state index is 12.6. The van der Waals surface area contributed by atoms with E-state index >= 15 is 0 Å². The molecule has 0 aliphatic carbocycles. The zero-order valence-corrected chi connectivity index (χ0v) is 44.5. The van der Waals surface area contributed by atoms with Gasteiger partial charge in [-0.2, -0.15) is 0 Å². The number of aliphatic hydroxyl groups excluding tert-OH is 4. The van der Waals surface area contributed by atoms with Crippen molar-refractivity contribution in [3.8, 4) is 0 Å². The fourth-order valence-corrected chi connectivity index (χ4v) is 9.46. The first kappa shape index (κ1) is 64.8. The van der Waals surface area contributed by atoms with Crippen LogP contribution in [0.5, 0.6) is 0 Å². The largest absolute Gasteiger partial charge is 0.394 e. The maximum Gasteiger partial charge on any atom is 0.249 e. The van der Waals surface area contributed by atoms with Gasteiger partial charge in [-0.1, -0.05) is 282 Å². The average Bonchev–Trinajstić information content (AvgIpc) is 3.32. The van der Waals surface area contributed by atoms with E-state index in [1.807, 2.05) is 0 Å². The molecule has 1 amide bonds. The van der Waals surface area contributed by atoms with Crippen molar-refractivity contribution >= 4 is 5.91 Å². The average molecular weight is 933 g/mol. The van der Waals surface area contributed by atoms with Gasteiger partial charge >= 0.3 is 0 Å². The monoisotopic (exact) mass is 932 g/mol. The number of aliphatic hydroxyl groups is 4. The highest BCUT2D eigenvalue weighted by Gasteiger charge is 2.28. The Morgan fingerprint density at radius 3 is 0.909 bits per heavy atom. The first-order chi connectivity index (χ1) is 32.5. The molecule has 0 rings (SSSR count). The van der Waals surface area contributed by atoms with Crippen LogP contribution in [0.3, 0.4) is 0 Å². The van der Waals surface area contributed by atoms with Crippen LogP contribution in [0.25, 0.3) is 0 Å². The second-order valence-electron chi connectivity index (χ2n) is 20.7. The van der Waals surface area contributed by atoms with E-state index in [0.29, 0.717) is 12.8 Å². The fourth-order valence-electron chi connectivity index (χ4n) is 9.46. The first-order valence-corrected chi connectivity index (χ1v) is 29.7. The molecular formula is C60H117NO5. The molecule has 66 heavy (non-hydrogen) atoms. The lowest BCUT2D eigenvalue weighted by Gasteiger charge is -2.27. The van der Waals surface area contributed by atoms with Crippen molar-refractivity contribution in [2.24, 2.45) is 0 Å². The Bertz CT molecular complexity index is 1000. The standard InChI is InChI=1S/C60H117NO5/c1-3-5-7-9-11-13-15-17-19-21-23-25-26-27-28-29-30-31-32-33-34-36-38-40-42-44-46-48-50-52-54-58(64)60(66)61-56(55-62)59(65)57(63)53-51-49-47-45-43-41-39-37-35-24-22-20-18-16-14-12-10-8-6-4-2/h27-28,45,47,56-59,62-65H,3-26,29-44,46,48-55H2,1-2H3,(H,61,66)/b28-27-,47-45+. The van der Waals surface area contributed by atoms with E-state index in [1.54, 1.807) is 0 Å². The van der Waals surface area contributed by atoms with Gasteiger partial charge in [-0.15, -0.1) is 0 Å². The van der Waals surface area contributed by atoms with Gasteiger partial charge in [0, 0.05) is 0 Å². The highest BCUT2D eigenvalue weighted by molar-refractivity contribution is 5.80. The topological polar surface area (TPSA) is 110 Å². The minimum Gasteiger partial charge on any atom is -0.394 e. The van der Waals surface area contributed by atoms with Gasteiger partial charge in [-0.25, -0.2) is 0 Å². The second-order valence-corrected chi connectivity index (χ2v) is 20.7. The zero-order valence-electron chi connectivity index (χ0n) is 44.5. The lowest BCUT2D eigenvalue weighted by Crippen LogP contribution is -2.53. The fraction of sp³-hybridized carbons (Fsp3) is 0.917. The molecule has 5 N–H and O–H groups in total. The molecule has 0 spiro atoms. The van der Waals surface area contributed by atoms with Gasteiger partial charge in [0.2, 0.25) is 5.91 Å². The van der Waals surface area contributed by atoms with Gasteiger partial charge < -0.3 is 25.7 Å². The molecule has 0 saturated heterocycles. The van der Waals surface area contributed by atoms with Gasteiger partial charge in [0.15, 0.2) is 0 Å². The van der Waals surface area contributed by atoms with Crippen molar-refractivity contribution in [2.45, 2.75) is 346 Å². The predicted octanol–water partition coefficient (Wildman–Crippen LogP) is 17.4.